The molecule has 1 heterocycles. The Morgan fingerprint density at radius 3 is 2.84 bits per heavy atom. The van der Waals surface area contributed by atoms with Crippen molar-refractivity contribution in [3.8, 4) is 0 Å². The fraction of sp³-hybridized carbons (Fsp3) is 0.154. The van der Waals surface area contributed by atoms with E-state index in [9.17, 15) is 10.1 Å². The second-order valence-corrected chi connectivity index (χ2v) is 4.96. The minimum atomic E-state index is -0.404. The molecule has 0 aliphatic carbocycles. The number of hydrogen-bond acceptors (Lipinski definition) is 4. The Balaban J connectivity index is 2.19. The summed E-state index contributed by atoms with van der Waals surface area (Å²) in [5.41, 5.74) is 2.29. The van der Waals surface area contributed by atoms with Crippen molar-refractivity contribution in [3.05, 3.63) is 62.4 Å². The number of rotatable bonds is 4. The molecule has 0 aliphatic heterocycles. The molecule has 5 nitrogen and oxygen atoms in total. The number of pyridine rings is 1. The quantitative estimate of drug-likeness (QED) is 0.689. The van der Waals surface area contributed by atoms with E-state index in [-0.39, 0.29) is 5.69 Å². The Morgan fingerprint density at radius 2 is 2.16 bits per heavy atom. The molecule has 0 aliphatic rings. The van der Waals surface area contributed by atoms with Gasteiger partial charge >= 0.3 is 0 Å². The first-order valence-corrected chi connectivity index (χ1v) is 6.46. The lowest BCUT2D eigenvalue weighted by Crippen LogP contribution is -2.04. The van der Waals surface area contributed by atoms with E-state index in [1.165, 1.54) is 6.07 Å². The Labute approximate surface area is 119 Å². The van der Waals surface area contributed by atoms with Crippen LogP contribution in [0, 0.1) is 17.0 Å². The van der Waals surface area contributed by atoms with E-state index >= 15 is 0 Å². The minimum Gasteiger partial charge on any atom is -0.374 e. The van der Waals surface area contributed by atoms with Gasteiger partial charge in [-0.1, -0.05) is 22.0 Å². The van der Waals surface area contributed by atoms with E-state index in [2.05, 4.69) is 26.2 Å². The van der Waals surface area contributed by atoms with Crippen molar-refractivity contribution < 1.29 is 4.92 Å². The molecule has 0 unspecified atom stereocenters. The maximum absolute atomic E-state index is 10.9. The van der Waals surface area contributed by atoms with Gasteiger partial charge in [0.2, 0.25) is 0 Å². The van der Waals surface area contributed by atoms with Crippen LogP contribution in [0.2, 0.25) is 0 Å². The van der Waals surface area contributed by atoms with Crippen LogP contribution in [-0.4, -0.2) is 9.91 Å². The fourth-order valence-electron chi connectivity index (χ4n) is 1.69. The zero-order valence-electron chi connectivity index (χ0n) is 10.3. The van der Waals surface area contributed by atoms with E-state index < -0.39 is 4.92 Å². The van der Waals surface area contributed by atoms with Gasteiger partial charge in [-0.2, -0.15) is 0 Å². The Bertz CT molecular complexity index is 617. The van der Waals surface area contributed by atoms with Crippen molar-refractivity contribution in [3.63, 3.8) is 0 Å². The van der Waals surface area contributed by atoms with Crippen LogP contribution in [0.1, 0.15) is 11.4 Å². The molecule has 0 spiro atoms. The average molecular weight is 322 g/mol. The van der Waals surface area contributed by atoms with Crippen molar-refractivity contribution in [1.29, 1.82) is 0 Å². The highest BCUT2D eigenvalue weighted by Gasteiger charge is 2.13. The number of nitro groups is 1. The number of anilines is 1. The van der Waals surface area contributed by atoms with Crippen molar-refractivity contribution in [2.75, 3.05) is 5.32 Å². The van der Waals surface area contributed by atoms with Gasteiger partial charge in [-0.15, -0.1) is 0 Å². The highest BCUT2D eigenvalue weighted by molar-refractivity contribution is 9.10. The molecular formula is C13H12BrN3O2. The minimum absolute atomic E-state index is 0.0517. The molecule has 6 heteroatoms. The lowest BCUT2D eigenvalue weighted by molar-refractivity contribution is -0.384. The topological polar surface area (TPSA) is 68.1 Å². The van der Waals surface area contributed by atoms with Crippen LogP contribution in [0.15, 0.2) is 40.9 Å². The number of nitrogens with one attached hydrogen (secondary N) is 1. The number of aromatic nitrogens is 1. The van der Waals surface area contributed by atoms with Gasteiger partial charge in [-0.25, -0.2) is 0 Å². The van der Waals surface area contributed by atoms with Gasteiger partial charge in [-0.05, 0) is 31.2 Å². The molecule has 0 amide bonds. The zero-order valence-corrected chi connectivity index (χ0v) is 11.8. The summed E-state index contributed by atoms with van der Waals surface area (Å²) in [5.74, 6) is 0. The molecule has 1 aromatic heterocycles. The maximum Gasteiger partial charge on any atom is 0.292 e. The van der Waals surface area contributed by atoms with Crippen molar-refractivity contribution in [2.45, 2.75) is 13.5 Å². The second kappa shape index (κ2) is 5.79. The fourth-order valence-corrected chi connectivity index (χ4v) is 2.05. The van der Waals surface area contributed by atoms with Gasteiger partial charge in [0.25, 0.3) is 5.69 Å². The zero-order chi connectivity index (χ0) is 13.8. The van der Waals surface area contributed by atoms with Gasteiger partial charge < -0.3 is 5.32 Å². The highest BCUT2D eigenvalue weighted by atomic mass is 79.9. The molecule has 0 radical (unpaired) electrons. The maximum atomic E-state index is 10.9. The van der Waals surface area contributed by atoms with Gasteiger partial charge in [0.15, 0.2) is 0 Å². The predicted octanol–water partition coefficient (Wildman–Crippen LogP) is 3.67. The normalized spacial score (nSPS) is 10.2. The molecule has 0 atom stereocenters. The largest absolute Gasteiger partial charge is 0.374 e. The summed E-state index contributed by atoms with van der Waals surface area (Å²) in [6.07, 6.45) is 0. The predicted molar refractivity (Wildman–Crippen MR) is 77.1 cm³/mol. The summed E-state index contributed by atoms with van der Waals surface area (Å²) < 4.78 is 0.790. The molecule has 1 aromatic carbocycles. The number of nitro benzene ring substituents is 1. The van der Waals surface area contributed by atoms with Crippen LogP contribution >= 0.6 is 15.9 Å². The second-order valence-electron chi connectivity index (χ2n) is 4.04. The van der Waals surface area contributed by atoms with E-state index in [4.69, 9.17) is 0 Å². The molecule has 0 saturated carbocycles. The Morgan fingerprint density at radius 1 is 1.37 bits per heavy atom. The third kappa shape index (κ3) is 3.51. The van der Waals surface area contributed by atoms with Crippen molar-refractivity contribution in [2.24, 2.45) is 0 Å². The van der Waals surface area contributed by atoms with Crippen molar-refractivity contribution in [1.82, 2.24) is 4.98 Å². The molecule has 19 heavy (non-hydrogen) atoms. The van der Waals surface area contributed by atoms with Crippen LogP contribution in [0.4, 0.5) is 11.4 Å². The van der Waals surface area contributed by atoms with Crippen LogP contribution < -0.4 is 5.32 Å². The third-order valence-corrected chi connectivity index (χ3v) is 3.05. The number of aryl methyl sites for hydroxylation is 1. The van der Waals surface area contributed by atoms with E-state index in [0.29, 0.717) is 12.2 Å². The van der Waals surface area contributed by atoms with E-state index in [1.54, 1.807) is 12.1 Å². The lowest BCUT2D eigenvalue weighted by atomic mass is 10.2. The third-order valence-electron chi connectivity index (χ3n) is 2.56. The Kier molecular flexibility index (Phi) is 4.11. The van der Waals surface area contributed by atoms with E-state index in [0.717, 1.165) is 15.9 Å². The summed E-state index contributed by atoms with van der Waals surface area (Å²) >= 11 is 3.31. The van der Waals surface area contributed by atoms with Gasteiger partial charge in [0.1, 0.15) is 5.69 Å². The molecule has 1 N–H and O–H groups in total. The van der Waals surface area contributed by atoms with Crippen LogP contribution in [-0.2, 0) is 6.54 Å². The molecular weight excluding hydrogens is 310 g/mol. The summed E-state index contributed by atoms with van der Waals surface area (Å²) in [6.45, 7) is 2.35. The van der Waals surface area contributed by atoms with Crippen LogP contribution in [0.3, 0.4) is 0 Å². The molecule has 98 valence electrons. The molecule has 0 bridgehead atoms. The summed E-state index contributed by atoms with van der Waals surface area (Å²) in [5, 5.41) is 14.0. The molecule has 0 saturated heterocycles. The van der Waals surface area contributed by atoms with Crippen molar-refractivity contribution >= 4 is 27.3 Å². The smallest absolute Gasteiger partial charge is 0.292 e. The van der Waals surface area contributed by atoms with E-state index in [1.807, 2.05) is 25.1 Å². The number of nitrogens with zero attached hydrogens (tertiary/aromatic N) is 2. The molecule has 2 aromatic rings. The highest BCUT2D eigenvalue weighted by Crippen LogP contribution is 2.28. The number of benzene rings is 1. The molecule has 2 rings (SSSR count). The van der Waals surface area contributed by atoms with Gasteiger partial charge in [0, 0.05) is 16.2 Å². The SMILES string of the molecule is Cc1cccc(CNc2cc(Br)ccc2[N+](=O)[O-])n1. The first kappa shape index (κ1) is 13.5. The average Bonchev–Trinajstić information content (AvgIpc) is 2.36. The monoisotopic (exact) mass is 321 g/mol. The summed E-state index contributed by atoms with van der Waals surface area (Å²) in [4.78, 5) is 14.9. The Hall–Kier alpha value is -1.95. The summed E-state index contributed by atoms with van der Waals surface area (Å²) in [6, 6.07) is 10.5. The first-order chi connectivity index (χ1) is 9.06. The van der Waals surface area contributed by atoms with Gasteiger partial charge in [0.05, 0.1) is 17.2 Å². The number of halogens is 1. The lowest BCUT2D eigenvalue weighted by Gasteiger charge is -2.07. The van der Waals surface area contributed by atoms with Crippen LogP contribution in [0.5, 0.6) is 0 Å². The van der Waals surface area contributed by atoms with Gasteiger partial charge in [-0.3, -0.25) is 15.1 Å². The van der Waals surface area contributed by atoms with Crippen LogP contribution in [0.25, 0.3) is 0 Å². The summed E-state index contributed by atoms with van der Waals surface area (Å²) in [7, 11) is 0. The molecule has 0 fully saturated rings. The first-order valence-electron chi connectivity index (χ1n) is 5.66. The number of hydrogen-bond donors (Lipinski definition) is 1. The standard InChI is InChI=1S/C13H12BrN3O2/c1-9-3-2-4-11(16-9)8-15-12-7-10(14)5-6-13(12)17(18)19/h2-7,15H,8H2,1H3.